The molecule has 1 aliphatic rings. The SMILES string of the molecule is C=CC(=O)C1CN(C(=O)OC(C)(C)C)CC1(C)C. The number of likely N-dealkylation sites (tertiary alicyclic amines) is 1. The Morgan fingerprint density at radius 1 is 1.39 bits per heavy atom. The van der Waals surface area contributed by atoms with Crippen LogP contribution >= 0.6 is 0 Å². The maximum Gasteiger partial charge on any atom is 0.410 e. The van der Waals surface area contributed by atoms with Gasteiger partial charge in [0.2, 0.25) is 0 Å². The highest BCUT2D eigenvalue weighted by Gasteiger charge is 2.45. The summed E-state index contributed by atoms with van der Waals surface area (Å²) in [4.78, 5) is 25.4. The second kappa shape index (κ2) is 4.75. The first-order valence-electron chi connectivity index (χ1n) is 6.21. The summed E-state index contributed by atoms with van der Waals surface area (Å²) >= 11 is 0. The molecule has 0 spiro atoms. The van der Waals surface area contributed by atoms with Crippen LogP contribution in [0.3, 0.4) is 0 Å². The molecule has 1 saturated heterocycles. The minimum Gasteiger partial charge on any atom is -0.444 e. The Bertz CT molecular complexity index is 366. The summed E-state index contributed by atoms with van der Waals surface area (Å²) < 4.78 is 5.33. The Labute approximate surface area is 109 Å². The number of hydrogen-bond donors (Lipinski definition) is 0. The molecule has 0 N–H and O–H groups in total. The van der Waals surface area contributed by atoms with Crippen LogP contribution in [0.25, 0.3) is 0 Å². The summed E-state index contributed by atoms with van der Waals surface area (Å²) in [7, 11) is 0. The van der Waals surface area contributed by atoms with Gasteiger partial charge in [-0.05, 0) is 32.3 Å². The lowest BCUT2D eigenvalue weighted by molar-refractivity contribution is -0.120. The van der Waals surface area contributed by atoms with Crippen molar-refractivity contribution in [2.45, 2.75) is 40.2 Å². The molecule has 1 unspecified atom stereocenters. The molecule has 4 heteroatoms. The summed E-state index contributed by atoms with van der Waals surface area (Å²) in [6.45, 7) is 13.9. The third-order valence-corrected chi connectivity index (χ3v) is 3.14. The van der Waals surface area contributed by atoms with Gasteiger partial charge in [0.1, 0.15) is 5.60 Å². The molecule has 0 aliphatic carbocycles. The van der Waals surface area contributed by atoms with Crippen molar-refractivity contribution >= 4 is 11.9 Å². The average molecular weight is 253 g/mol. The van der Waals surface area contributed by atoms with Crippen molar-refractivity contribution in [1.82, 2.24) is 4.90 Å². The van der Waals surface area contributed by atoms with Crippen LogP contribution in [0.1, 0.15) is 34.6 Å². The fraction of sp³-hybridized carbons (Fsp3) is 0.714. The van der Waals surface area contributed by atoms with Gasteiger partial charge >= 0.3 is 6.09 Å². The van der Waals surface area contributed by atoms with Crippen LogP contribution in [-0.4, -0.2) is 35.5 Å². The molecular formula is C14H23NO3. The van der Waals surface area contributed by atoms with Crippen molar-refractivity contribution in [3.8, 4) is 0 Å². The molecular weight excluding hydrogens is 230 g/mol. The molecule has 0 radical (unpaired) electrons. The molecule has 1 heterocycles. The largest absolute Gasteiger partial charge is 0.444 e. The lowest BCUT2D eigenvalue weighted by Gasteiger charge is -2.25. The minimum absolute atomic E-state index is 0.00828. The van der Waals surface area contributed by atoms with Crippen LogP contribution in [0.5, 0.6) is 0 Å². The Hall–Kier alpha value is -1.32. The number of amides is 1. The van der Waals surface area contributed by atoms with E-state index in [2.05, 4.69) is 6.58 Å². The second-order valence-electron chi connectivity index (χ2n) is 6.51. The van der Waals surface area contributed by atoms with E-state index >= 15 is 0 Å². The fourth-order valence-electron chi connectivity index (χ4n) is 2.22. The lowest BCUT2D eigenvalue weighted by atomic mass is 9.79. The van der Waals surface area contributed by atoms with Crippen molar-refractivity contribution in [1.29, 1.82) is 0 Å². The highest BCUT2D eigenvalue weighted by atomic mass is 16.6. The van der Waals surface area contributed by atoms with Gasteiger partial charge in [-0.3, -0.25) is 4.79 Å². The van der Waals surface area contributed by atoms with Crippen LogP contribution in [0.15, 0.2) is 12.7 Å². The first-order chi connectivity index (χ1) is 8.07. The van der Waals surface area contributed by atoms with E-state index in [1.54, 1.807) is 4.90 Å². The smallest absolute Gasteiger partial charge is 0.410 e. The number of rotatable bonds is 2. The van der Waals surface area contributed by atoms with Crippen LogP contribution in [0.4, 0.5) is 4.79 Å². The van der Waals surface area contributed by atoms with Gasteiger partial charge in [0.05, 0.1) is 0 Å². The molecule has 1 fully saturated rings. The number of hydrogen-bond acceptors (Lipinski definition) is 3. The summed E-state index contributed by atoms with van der Waals surface area (Å²) in [5.74, 6) is -0.200. The fourth-order valence-corrected chi connectivity index (χ4v) is 2.22. The summed E-state index contributed by atoms with van der Waals surface area (Å²) in [6.07, 6.45) is 0.986. The Balaban J connectivity index is 2.76. The predicted octanol–water partition coefficient (Wildman–Crippen LogP) is 2.63. The summed E-state index contributed by atoms with van der Waals surface area (Å²) in [5, 5.41) is 0. The zero-order chi connectivity index (χ0) is 14.1. The van der Waals surface area contributed by atoms with Gasteiger partial charge in [-0.1, -0.05) is 20.4 Å². The number of nitrogens with zero attached hydrogens (tertiary/aromatic N) is 1. The Kier molecular flexibility index (Phi) is 3.89. The van der Waals surface area contributed by atoms with E-state index in [4.69, 9.17) is 4.74 Å². The van der Waals surface area contributed by atoms with Crippen molar-refractivity contribution in [2.75, 3.05) is 13.1 Å². The first kappa shape index (κ1) is 14.7. The molecule has 18 heavy (non-hydrogen) atoms. The molecule has 0 aromatic rings. The monoisotopic (exact) mass is 253 g/mol. The van der Waals surface area contributed by atoms with Crippen molar-refractivity contribution in [3.05, 3.63) is 12.7 Å². The van der Waals surface area contributed by atoms with Gasteiger partial charge < -0.3 is 9.64 Å². The van der Waals surface area contributed by atoms with Crippen LogP contribution in [0.2, 0.25) is 0 Å². The maximum atomic E-state index is 12.0. The molecule has 0 aromatic heterocycles. The van der Waals surface area contributed by atoms with Crippen LogP contribution in [0, 0.1) is 11.3 Å². The number of carbonyl (C=O) groups is 2. The van der Waals surface area contributed by atoms with Crippen molar-refractivity contribution in [2.24, 2.45) is 11.3 Å². The van der Waals surface area contributed by atoms with Gasteiger partial charge in [-0.2, -0.15) is 0 Å². The topological polar surface area (TPSA) is 46.6 Å². The van der Waals surface area contributed by atoms with Gasteiger partial charge in [-0.25, -0.2) is 4.79 Å². The van der Waals surface area contributed by atoms with E-state index in [9.17, 15) is 9.59 Å². The van der Waals surface area contributed by atoms with Gasteiger partial charge in [0, 0.05) is 19.0 Å². The normalized spacial score (nSPS) is 22.7. The highest BCUT2D eigenvalue weighted by Crippen LogP contribution is 2.36. The van der Waals surface area contributed by atoms with Crippen molar-refractivity contribution in [3.63, 3.8) is 0 Å². The minimum atomic E-state index is -0.512. The van der Waals surface area contributed by atoms with Gasteiger partial charge in [-0.15, -0.1) is 0 Å². The molecule has 4 nitrogen and oxygen atoms in total. The molecule has 0 bridgehead atoms. The zero-order valence-corrected chi connectivity index (χ0v) is 11.9. The van der Waals surface area contributed by atoms with Crippen LogP contribution < -0.4 is 0 Å². The Morgan fingerprint density at radius 3 is 2.39 bits per heavy atom. The Morgan fingerprint density at radius 2 is 1.94 bits per heavy atom. The lowest BCUT2D eigenvalue weighted by Crippen LogP contribution is -2.36. The van der Waals surface area contributed by atoms with E-state index in [0.29, 0.717) is 13.1 Å². The van der Waals surface area contributed by atoms with E-state index in [1.165, 1.54) is 6.08 Å². The van der Waals surface area contributed by atoms with E-state index in [1.807, 2.05) is 34.6 Å². The van der Waals surface area contributed by atoms with Gasteiger partial charge in [0.15, 0.2) is 5.78 Å². The van der Waals surface area contributed by atoms with E-state index in [0.717, 1.165) is 0 Å². The molecule has 1 aliphatic heterocycles. The first-order valence-corrected chi connectivity index (χ1v) is 6.21. The molecule has 1 rings (SSSR count). The predicted molar refractivity (Wildman–Crippen MR) is 70.3 cm³/mol. The number of allylic oxidation sites excluding steroid dienone is 1. The standard InChI is InChI=1S/C14H23NO3/c1-7-11(16)10-8-15(9-14(10,5)6)12(17)18-13(2,3)4/h7,10H,1,8-9H2,2-6H3. The van der Waals surface area contributed by atoms with Crippen molar-refractivity contribution < 1.29 is 14.3 Å². The average Bonchev–Trinajstić information content (AvgIpc) is 2.50. The number of ketones is 1. The molecule has 1 amide bonds. The zero-order valence-electron chi connectivity index (χ0n) is 11.9. The number of ether oxygens (including phenoxy) is 1. The third kappa shape index (κ3) is 3.34. The molecule has 1 atom stereocenters. The summed E-state index contributed by atoms with van der Waals surface area (Å²) in [6, 6.07) is 0. The van der Waals surface area contributed by atoms with E-state index < -0.39 is 5.60 Å². The highest BCUT2D eigenvalue weighted by molar-refractivity contribution is 5.92. The van der Waals surface area contributed by atoms with Crippen LogP contribution in [-0.2, 0) is 9.53 Å². The molecule has 0 aromatic carbocycles. The molecule has 0 saturated carbocycles. The molecule has 102 valence electrons. The quantitative estimate of drug-likeness (QED) is 0.711. The maximum absolute atomic E-state index is 12.0. The second-order valence-corrected chi connectivity index (χ2v) is 6.51. The van der Waals surface area contributed by atoms with Gasteiger partial charge in [0.25, 0.3) is 0 Å². The number of carbonyl (C=O) groups excluding carboxylic acids is 2. The van der Waals surface area contributed by atoms with E-state index in [-0.39, 0.29) is 23.2 Å². The third-order valence-electron chi connectivity index (χ3n) is 3.14. The summed E-state index contributed by atoms with van der Waals surface area (Å²) in [5.41, 5.74) is -0.746.